The molecule has 2 amide bonds. The predicted molar refractivity (Wildman–Crippen MR) is 83.4 cm³/mol. The third-order valence-electron chi connectivity index (χ3n) is 2.91. The maximum absolute atomic E-state index is 12.0. The molecule has 2 N–H and O–H groups in total. The summed E-state index contributed by atoms with van der Waals surface area (Å²) in [5.41, 5.74) is -0.506. The molecule has 6 nitrogen and oxygen atoms in total. The van der Waals surface area contributed by atoms with Gasteiger partial charge in [-0.3, -0.25) is 4.79 Å². The van der Waals surface area contributed by atoms with Gasteiger partial charge in [0.25, 0.3) is 0 Å². The third-order valence-corrected chi connectivity index (χ3v) is 3.84. The standard InChI is InChI=1S/C14H26N2O4S/c1-14(2,3)20-13(19)16-6-4-5-11(9-16)15-12(18)10-21-8-7-17/h11,17H,4-10H2,1-3H3,(H,15,18)/t11-/m0/s1. The fourth-order valence-electron chi connectivity index (χ4n) is 2.09. The van der Waals surface area contributed by atoms with Gasteiger partial charge in [-0.2, -0.15) is 0 Å². The number of rotatable bonds is 5. The Morgan fingerprint density at radius 2 is 2.14 bits per heavy atom. The van der Waals surface area contributed by atoms with E-state index in [1.807, 2.05) is 20.8 Å². The Morgan fingerprint density at radius 3 is 2.76 bits per heavy atom. The van der Waals surface area contributed by atoms with Crippen molar-refractivity contribution in [1.82, 2.24) is 10.2 Å². The molecule has 7 heteroatoms. The summed E-state index contributed by atoms with van der Waals surface area (Å²) in [4.78, 5) is 25.4. The fourth-order valence-corrected chi connectivity index (χ4v) is 2.63. The molecule has 0 aromatic carbocycles. The highest BCUT2D eigenvalue weighted by atomic mass is 32.2. The van der Waals surface area contributed by atoms with Gasteiger partial charge in [0.2, 0.25) is 5.91 Å². The number of amides is 2. The quantitative estimate of drug-likeness (QED) is 0.745. The summed E-state index contributed by atoms with van der Waals surface area (Å²) in [7, 11) is 0. The van der Waals surface area contributed by atoms with Crippen LogP contribution in [0, 0.1) is 0 Å². The van der Waals surface area contributed by atoms with Crippen LogP contribution in [0.15, 0.2) is 0 Å². The van der Waals surface area contributed by atoms with E-state index in [0.717, 1.165) is 12.8 Å². The van der Waals surface area contributed by atoms with Crippen molar-refractivity contribution in [2.24, 2.45) is 0 Å². The summed E-state index contributed by atoms with van der Waals surface area (Å²) in [6.07, 6.45) is 1.40. The number of nitrogens with one attached hydrogen (secondary N) is 1. The molecule has 122 valence electrons. The molecule has 0 radical (unpaired) electrons. The molecule has 21 heavy (non-hydrogen) atoms. The number of nitrogens with zero attached hydrogens (tertiary/aromatic N) is 1. The molecular formula is C14H26N2O4S. The van der Waals surface area contributed by atoms with Crippen molar-refractivity contribution in [1.29, 1.82) is 0 Å². The van der Waals surface area contributed by atoms with Crippen molar-refractivity contribution in [3.05, 3.63) is 0 Å². The lowest BCUT2D eigenvalue weighted by atomic mass is 10.1. The van der Waals surface area contributed by atoms with Crippen molar-refractivity contribution in [2.45, 2.75) is 45.3 Å². The van der Waals surface area contributed by atoms with Crippen LogP contribution in [-0.4, -0.2) is 64.9 Å². The number of hydrogen-bond acceptors (Lipinski definition) is 5. The topological polar surface area (TPSA) is 78.9 Å². The van der Waals surface area contributed by atoms with Crippen molar-refractivity contribution in [3.63, 3.8) is 0 Å². The van der Waals surface area contributed by atoms with Gasteiger partial charge in [-0.15, -0.1) is 11.8 Å². The number of aliphatic hydroxyl groups excluding tert-OH is 1. The van der Waals surface area contributed by atoms with Crippen LogP contribution < -0.4 is 5.32 Å². The van der Waals surface area contributed by atoms with Crippen LogP contribution in [0.5, 0.6) is 0 Å². The molecule has 1 fully saturated rings. The van der Waals surface area contributed by atoms with Gasteiger partial charge < -0.3 is 20.1 Å². The second-order valence-corrected chi connectivity index (χ2v) is 7.21. The molecule has 1 atom stereocenters. The van der Waals surface area contributed by atoms with Crippen LogP contribution in [0.25, 0.3) is 0 Å². The van der Waals surface area contributed by atoms with Crippen molar-refractivity contribution in [2.75, 3.05) is 31.2 Å². The zero-order valence-corrected chi connectivity index (χ0v) is 13.9. The van der Waals surface area contributed by atoms with Gasteiger partial charge in [0.05, 0.1) is 12.4 Å². The molecule has 1 saturated heterocycles. The number of piperidine rings is 1. The summed E-state index contributed by atoms with van der Waals surface area (Å²) in [5, 5.41) is 11.6. The molecule has 1 rings (SSSR count). The molecule has 1 aliphatic heterocycles. The summed E-state index contributed by atoms with van der Waals surface area (Å²) in [6, 6.07) is -0.0199. The minimum absolute atomic E-state index is 0.0199. The van der Waals surface area contributed by atoms with Crippen LogP contribution in [0.4, 0.5) is 4.79 Å². The van der Waals surface area contributed by atoms with Gasteiger partial charge >= 0.3 is 6.09 Å². The van der Waals surface area contributed by atoms with E-state index in [1.165, 1.54) is 11.8 Å². The first-order chi connectivity index (χ1) is 9.81. The molecule has 0 aromatic heterocycles. The molecule has 0 bridgehead atoms. The minimum atomic E-state index is -0.506. The average molecular weight is 318 g/mol. The molecule has 0 aliphatic carbocycles. The van der Waals surface area contributed by atoms with Gasteiger partial charge in [0.1, 0.15) is 5.60 Å². The Morgan fingerprint density at radius 1 is 1.43 bits per heavy atom. The highest BCUT2D eigenvalue weighted by Crippen LogP contribution is 2.15. The molecule has 0 unspecified atom stereocenters. The highest BCUT2D eigenvalue weighted by molar-refractivity contribution is 7.99. The van der Waals surface area contributed by atoms with Gasteiger partial charge in [-0.05, 0) is 33.6 Å². The maximum atomic E-state index is 12.0. The first kappa shape index (κ1) is 18.1. The van der Waals surface area contributed by atoms with Crippen LogP contribution in [0.3, 0.4) is 0 Å². The number of carbonyl (C=O) groups excluding carboxylic acids is 2. The molecule has 0 saturated carbocycles. The highest BCUT2D eigenvalue weighted by Gasteiger charge is 2.28. The van der Waals surface area contributed by atoms with E-state index in [4.69, 9.17) is 9.84 Å². The zero-order chi connectivity index (χ0) is 15.9. The molecule has 1 heterocycles. The molecule has 1 aliphatic rings. The van der Waals surface area contributed by atoms with E-state index in [1.54, 1.807) is 4.90 Å². The number of hydrogen-bond donors (Lipinski definition) is 2. The fraction of sp³-hybridized carbons (Fsp3) is 0.857. The zero-order valence-electron chi connectivity index (χ0n) is 13.1. The van der Waals surface area contributed by atoms with E-state index in [0.29, 0.717) is 24.6 Å². The van der Waals surface area contributed by atoms with Crippen molar-refractivity contribution >= 4 is 23.8 Å². The van der Waals surface area contributed by atoms with E-state index in [9.17, 15) is 9.59 Å². The van der Waals surface area contributed by atoms with Crippen molar-refractivity contribution in [3.8, 4) is 0 Å². The SMILES string of the molecule is CC(C)(C)OC(=O)N1CCC[C@H](NC(=O)CSCCO)C1. The Balaban J connectivity index is 2.38. The number of ether oxygens (including phenoxy) is 1. The van der Waals surface area contributed by atoms with E-state index in [2.05, 4.69) is 5.32 Å². The first-order valence-electron chi connectivity index (χ1n) is 7.27. The van der Waals surface area contributed by atoms with Gasteiger partial charge in [-0.25, -0.2) is 4.79 Å². The lowest BCUT2D eigenvalue weighted by molar-refractivity contribution is -0.119. The average Bonchev–Trinajstić information content (AvgIpc) is 2.37. The second kappa shape index (κ2) is 8.48. The molecule has 0 aromatic rings. The number of aliphatic hydroxyl groups is 1. The summed E-state index contributed by atoms with van der Waals surface area (Å²) in [6.45, 7) is 6.76. The Labute approximate surface area is 130 Å². The number of thioether (sulfide) groups is 1. The van der Waals surface area contributed by atoms with Crippen LogP contribution in [-0.2, 0) is 9.53 Å². The number of carbonyl (C=O) groups is 2. The number of likely N-dealkylation sites (tertiary alicyclic amines) is 1. The minimum Gasteiger partial charge on any atom is -0.444 e. The lowest BCUT2D eigenvalue weighted by Crippen LogP contribution is -2.51. The van der Waals surface area contributed by atoms with E-state index >= 15 is 0 Å². The Bertz CT molecular complexity index is 357. The van der Waals surface area contributed by atoms with Gasteiger partial charge in [0.15, 0.2) is 0 Å². The van der Waals surface area contributed by atoms with Crippen LogP contribution >= 0.6 is 11.8 Å². The van der Waals surface area contributed by atoms with E-state index in [-0.39, 0.29) is 24.6 Å². The second-order valence-electron chi connectivity index (χ2n) is 6.11. The Hall–Kier alpha value is -0.950. The normalized spacial score (nSPS) is 19.2. The monoisotopic (exact) mass is 318 g/mol. The predicted octanol–water partition coefficient (Wildman–Crippen LogP) is 1.23. The van der Waals surface area contributed by atoms with Gasteiger partial charge in [0, 0.05) is 24.9 Å². The van der Waals surface area contributed by atoms with Crippen LogP contribution in [0.1, 0.15) is 33.6 Å². The third kappa shape index (κ3) is 7.57. The largest absolute Gasteiger partial charge is 0.444 e. The summed E-state index contributed by atoms with van der Waals surface area (Å²) < 4.78 is 5.35. The summed E-state index contributed by atoms with van der Waals surface area (Å²) in [5.74, 6) is 0.843. The van der Waals surface area contributed by atoms with Crippen molar-refractivity contribution < 1.29 is 19.4 Å². The van der Waals surface area contributed by atoms with Crippen LogP contribution in [0.2, 0.25) is 0 Å². The first-order valence-corrected chi connectivity index (χ1v) is 8.43. The van der Waals surface area contributed by atoms with E-state index < -0.39 is 5.60 Å². The molecule has 0 spiro atoms. The molecular weight excluding hydrogens is 292 g/mol. The lowest BCUT2D eigenvalue weighted by Gasteiger charge is -2.34. The Kier molecular flexibility index (Phi) is 7.31. The van der Waals surface area contributed by atoms with Gasteiger partial charge in [-0.1, -0.05) is 0 Å². The maximum Gasteiger partial charge on any atom is 0.410 e. The smallest absolute Gasteiger partial charge is 0.410 e. The summed E-state index contributed by atoms with van der Waals surface area (Å²) >= 11 is 1.40.